The first-order chi connectivity index (χ1) is 7.66. The van der Waals surface area contributed by atoms with Gasteiger partial charge in [-0.15, -0.1) is 0 Å². The van der Waals surface area contributed by atoms with E-state index in [1.807, 2.05) is 13.0 Å². The molecule has 5 nitrogen and oxygen atoms in total. The van der Waals surface area contributed by atoms with Crippen molar-refractivity contribution in [3.63, 3.8) is 0 Å². The summed E-state index contributed by atoms with van der Waals surface area (Å²) in [5.74, 6) is -0.737. The van der Waals surface area contributed by atoms with E-state index in [1.54, 1.807) is 6.20 Å². The summed E-state index contributed by atoms with van der Waals surface area (Å²) in [5.41, 5.74) is 0.938. The Balaban J connectivity index is 1.96. The average Bonchev–Trinajstić information content (AvgIpc) is 2.61. The number of carboxylic acids is 1. The highest BCUT2D eigenvalue weighted by atomic mass is 16.4. The Morgan fingerprint density at radius 3 is 3.00 bits per heavy atom. The molecule has 1 N–H and O–H groups in total. The van der Waals surface area contributed by atoms with Gasteiger partial charge in [0.15, 0.2) is 0 Å². The van der Waals surface area contributed by atoms with E-state index in [0.717, 1.165) is 12.2 Å². The second-order valence-corrected chi connectivity index (χ2v) is 4.32. The lowest BCUT2D eigenvalue weighted by molar-refractivity contribution is -0.142. The van der Waals surface area contributed by atoms with Gasteiger partial charge in [-0.3, -0.25) is 9.69 Å². The van der Waals surface area contributed by atoms with Crippen LogP contribution in [0.4, 0.5) is 0 Å². The normalized spacial score (nSPS) is 25.8. The van der Waals surface area contributed by atoms with Crippen molar-refractivity contribution in [3.05, 3.63) is 24.3 Å². The number of hydrogen-bond donors (Lipinski definition) is 1. The predicted octanol–water partition coefficient (Wildman–Crippen LogP) is 0.629. The summed E-state index contributed by atoms with van der Waals surface area (Å²) >= 11 is 0. The molecule has 1 aromatic rings. The van der Waals surface area contributed by atoms with Crippen LogP contribution in [0.15, 0.2) is 18.6 Å². The van der Waals surface area contributed by atoms with Gasteiger partial charge in [-0.1, -0.05) is 6.92 Å². The summed E-state index contributed by atoms with van der Waals surface area (Å²) in [6, 6.07) is 1.86. The molecule has 2 heterocycles. The van der Waals surface area contributed by atoms with Crippen LogP contribution >= 0.6 is 0 Å². The van der Waals surface area contributed by atoms with E-state index >= 15 is 0 Å². The highest BCUT2D eigenvalue weighted by Gasteiger charge is 2.34. The number of rotatable bonds is 3. The number of nitrogens with zero attached hydrogens (tertiary/aromatic N) is 3. The molecule has 0 aromatic carbocycles. The van der Waals surface area contributed by atoms with E-state index in [9.17, 15) is 4.79 Å². The number of hydrogen-bond acceptors (Lipinski definition) is 4. The largest absolute Gasteiger partial charge is 0.481 e. The lowest BCUT2D eigenvalue weighted by Crippen LogP contribution is -2.23. The molecular weight excluding hydrogens is 206 g/mol. The van der Waals surface area contributed by atoms with Crippen LogP contribution in [0.3, 0.4) is 0 Å². The molecule has 0 unspecified atom stereocenters. The zero-order valence-electron chi connectivity index (χ0n) is 9.21. The molecule has 2 rings (SSSR count). The zero-order chi connectivity index (χ0) is 11.5. The van der Waals surface area contributed by atoms with E-state index in [0.29, 0.717) is 13.1 Å². The fourth-order valence-electron chi connectivity index (χ4n) is 2.16. The Morgan fingerprint density at radius 2 is 2.44 bits per heavy atom. The highest BCUT2D eigenvalue weighted by molar-refractivity contribution is 5.71. The third-order valence-electron chi connectivity index (χ3n) is 3.03. The highest BCUT2D eigenvalue weighted by Crippen LogP contribution is 2.24. The minimum absolute atomic E-state index is 0.208. The van der Waals surface area contributed by atoms with Crippen molar-refractivity contribution in [2.24, 2.45) is 11.8 Å². The summed E-state index contributed by atoms with van der Waals surface area (Å²) in [6.45, 7) is 4.12. The Labute approximate surface area is 94.1 Å². The van der Waals surface area contributed by atoms with Crippen molar-refractivity contribution in [1.29, 1.82) is 0 Å². The molecule has 0 radical (unpaired) electrons. The maximum absolute atomic E-state index is 11.0. The summed E-state index contributed by atoms with van der Waals surface area (Å²) < 4.78 is 0. The summed E-state index contributed by atoms with van der Waals surface area (Å²) in [6.07, 6.45) is 3.22. The van der Waals surface area contributed by atoms with Gasteiger partial charge < -0.3 is 5.11 Å². The Bertz CT molecular complexity index is 369. The molecule has 1 aromatic heterocycles. The third kappa shape index (κ3) is 2.36. The van der Waals surface area contributed by atoms with E-state index in [-0.39, 0.29) is 11.8 Å². The molecule has 0 aliphatic carbocycles. The molecule has 2 atom stereocenters. The summed E-state index contributed by atoms with van der Waals surface area (Å²) in [5, 5.41) is 9.02. The third-order valence-corrected chi connectivity index (χ3v) is 3.03. The standard InChI is InChI=1S/C11H15N3O2/c1-8-4-14(6-10(8)11(15)16)5-9-2-3-12-7-13-9/h2-3,7-8,10H,4-6H2,1H3,(H,15,16)/t8-,10-/m1/s1. The number of aromatic nitrogens is 2. The lowest BCUT2D eigenvalue weighted by atomic mass is 9.99. The maximum atomic E-state index is 11.0. The molecule has 16 heavy (non-hydrogen) atoms. The van der Waals surface area contributed by atoms with Gasteiger partial charge in [0.1, 0.15) is 6.33 Å². The maximum Gasteiger partial charge on any atom is 0.308 e. The Kier molecular flexibility index (Phi) is 3.14. The van der Waals surface area contributed by atoms with Crippen LogP contribution in [0.1, 0.15) is 12.6 Å². The number of aliphatic carboxylic acids is 1. The van der Waals surface area contributed by atoms with Gasteiger partial charge >= 0.3 is 5.97 Å². The van der Waals surface area contributed by atoms with Crippen LogP contribution < -0.4 is 0 Å². The van der Waals surface area contributed by atoms with E-state index in [2.05, 4.69) is 14.9 Å². The molecule has 0 saturated carbocycles. The van der Waals surface area contributed by atoms with E-state index < -0.39 is 5.97 Å². The van der Waals surface area contributed by atoms with Gasteiger partial charge in [0.05, 0.1) is 11.6 Å². The molecule has 0 spiro atoms. The van der Waals surface area contributed by atoms with Crippen molar-refractivity contribution < 1.29 is 9.90 Å². The molecule has 1 aliphatic heterocycles. The molecule has 1 fully saturated rings. The van der Waals surface area contributed by atoms with Gasteiger partial charge in [0.2, 0.25) is 0 Å². The van der Waals surface area contributed by atoms with Crippen molar-refractivity contribution in [3.8, 4) is 0 Å². The quantitative estimate of drug-likeness (QED) is 0.810. The molecular formula is C11H15N3O2. The van der Waals surface area contributed by atoms with Crippen molar-refractivity contribution >= 4 is 5.97 Å². The molecule has 1 aliphatic rings. The number of likely N-dealkylation sites (tertiary alicyclic amines) is 1. The lowest BCUT2D eigenvalue weighted by Gasteiger charge is -2.13. The van der Waals surface area contributed by atoms with Crippen LogP contribution in [0, 0.1) is 11.8 Å². The molecule has 5 heteroatoms. The van der Waals surface area contributed by atoms with Crippen molar-refractivity contribution in [2.45, 2.75) is 13.5 Å². The second-order valence-electron chi connectivity index (χ2n) is 4.32. The summed E-state index contributed by atoms with van der Waals surface area (Å²) in [4.78, 5) is 21.1. The van der Waals surface area contributed by atoms with Gasteiger partial charge in [-0.05, 0) is 12.0 Å². The number of carboxylic acid groups (broad SMARTS) is 1. The smallest absolute Gasteiger partial charge is 0.308 e. The fraction of sp³-hybridized carbons (Fsp3) is 0.545. The molecule has 0 amide bonds. The molecule has 0 bridgehead atoms. The summed E-state index contributed by atoms with van der Waals surface area (Å²) in [7, 11) is 0. The van der Waals surface area contributed by atoms with Gasteiger partial charge in [-0.25, -0.2) is 9.97 Å². The van der Waals surface area contributed by atoms with Crippen molar-refractivity contribution in [1.82, 2.24) is 14.9 Å². The van der Waals surface area contributed by atoms with Gasteiger partial charge in [-0.2, -0.15) is 0 Å². The minimum Gasteiger partial charge on any atom is -0.481 e. The average molecular weight is 221 g/mol. The Morgan fingerprint density at radius 1 is 1.62 bits per heavy atom. The number of carbonyl (C=O) groups is 1. The fourth-order valence-corrected chi connectivity index (χ4v) is 2.16. The van der Waals surface area contributed by atoms with Gasteiger partial charge in [0, 0.05) is 25.8 Å². The van der Waals surface area contributed by atoms with Crippen LogP contribution in [-0.4, -0.2) is 39.0 Å². The Hall–Kier alpha value is -1.49. The first kappa shape index (κ1) is 11.0. The monoisotopic (exact) mass is 221 g/mol. The van der Waals surface area contributed by atoms with Crippen LogP contribution in [0.25, 0.3) is 0 Å². The predicted molar refractivity (Wildman–Crippen MR) is 57.6 cm³/mol. The first-order valence-electron chi connectivity index (χ1n) is 5.37. The minimum atomic E-state index is -0.697. The van der Waals surface area contributed by atoms with Crippen molar-refractivity contribution in [2.75, 3.05) is 13.1 Å². The molecule has 86 valence electrons. The van der Waals surface area contributed by atoms with Gasteiger partial charge in [0.25, 0.3) is 0 Å². The SMILES string of the molecule is C[C@@H]1CN(Cc2ccncn2)C[C@H]1C(=O)O. The second kappa shape index (κ2) is 4.57. The van der Waals surface area contributed by atoms with E-state index in [1.165, 1.54) is 6.33 Å². The first-order valence-corrected chi connectivity index (χ1v) is 5.37. The zero-order valence-corrected chi connectivity index (χ0v) is 9.21. The van der Waals surface area contributed by atoms with E-state index in [4.69, 9.17) is 5.11 Å². The van der Waals surface area contributed by atoms with Crippen LogP contribution in [-0.2, 0) is 11.3 Å². The van der Waals surface area contributed by atoms with Crippen LogP contribution in [0.2, 0.25) is 0 Å². The van der Waals surface area contributed by atoms with Crippen LogP contribution in [0.5, 0.6) is 0 Å². The molecule has 1 saturated heterocycles. The topological polar surface area (TPSA) is 66.3 Å².